The van der Waals surface area contributed by atoms with Gasteiger partial charge in [0, 0.05) is 31.1 Å². The summed E-state index contributed by atoms with van der Waals surface area (Å²) in [6.45, 7) is 1.84. The molecule has 10 heteroatoms. The van der Waals surface area contributed by atoms with Crippen LogP contribution in [0.3, 0.4) is 0 Å². The summed E-state index contributed by atoms with van der Waals surface area (Å²) < 4.78 is 13.0. The number of thiophene rings is 1. The predicted molar refractivity (Wildman–Crippen MR) is 144 cm³/mol. The molecule has 2 amide bonds. The Morgan fingerprint density at radius 2 is 1.68 bits per heavy atom. The van der Waals surface area contributed by atoms with Crippen LogP contribution in [0.15, 0.2) is 60.0 Å². The van der Waals surface area contributed by atoms with E-state index in [1.807, 2.05) is 46.7 Å². The van der Waals surface area contributed by atoms with Crippen LogP contribution in [0, 0.1) is 5.82 Å². The largest absolute Gasteiger partial charge is 0.380 e. The van der Waals surface area contributed by atoms with E-state index in [1.54, 1.807) is 18.2 Å². The molecule has 2 aromatic carbocycles. The fourth-order valence-corrected chi connectivity index (χ4v) is 5.01. The molecular weight excluding hydrogens is 517 g/mol. The van der Waals surface area contributed by atoms with Crippen LogP contribution in [-0.2, 0) is 16.1 Å². The first-order valence-corrected chi connectivity index (χ1v) is 13.0. The minimum absolute atomic E-state index is 0.141. The second-order valence-corrected chi connectivity index (χ2v) is 10.0. The molecule has 0 radical (unpaired) electrons. The van der Waals surface area contributed by atoms with E-state index in [4.69, 9.17) is 11.6 Å². The summed E-state index contributed by atoms with van der Waals surface area (Å²) in [4.78, 5) is 29.4. The first-order chi connectivity index (χ1) is 17.8. The van der Waals surface area contributed by atoms with E-state index < -0.39 is 24.0 Å². The highest BCUT2D eigenvalue weighted by Gasteiger charge is 2.34. The van der Waals surface area contributed by atoms with E-state index >= 15 is 0 Å². The first kappa shape index (κ1) is 26.8. The molecule has 37 heavy (non-hydrogen) atoms. The van der Waals surface area contributed by atoms with E-state index in [2.05, 4.69) is 5.32 Å². The second-order valence-electron chi connectivity index (χ2n) is 8.60. The van der Waals surface area contributed by atoms with Crippen LogP contribution < -0.4 is 10.2 Å². The van der Waals surface area contributed by atoms with Crippen LogP contribution in [-0.4, -0.2) is 65.3 Å². The van der Waals surface area contributed by atoms with E-state index in [0.29, 0.717) is 31.2 Å². The number of hydrogen-bond acceptors (Lipinski definition) is 6. The molecule has 1 saturated heterocycles. The molecule has 3 N–H and O–H groups in total. The number of nitrogens with one attached hydrogen (secondary N) is 1. The Hall–Kier alpha value is -3.24. The molecule has 3 aromatic rings. The van der Waals surface area contributed by atoms with Crippen LogP contribution in [0.1, 0.15) is 16.0 Å². The molecule has 2 atom stereocenters. The number of halogens is 2. The molecule has 0 unspecified atom stereocenters. The molecule has 0 spiro atoms. The Kier molecular flexibility index (Phi) is 8.94. The van der Waals surface area contributed by atoms with Gasteiger partial charge >= 0.3 is 0 Å². The fourth-order valence-electron chi connectivity index (χ4n) is 3.96. The van der Waals surface area contributed by atoms with E-state index in [1.165, 1.54) is 28.4 Å². The Bertz CT molecular complexity index is 1260. The monoisotopic (exact) mass is 543 g/mol. The number of nitrogens with zero attached hydrogens (tertiary/aromatic N) is 2. The Morgan fingerprint density at radius 1 is 1.00 bits per heavy atom. The van der Waals surface area contributed by atoms with Crippen molar-refractivity contribution in [3.63, 3.8) is 0 Å². The van der Waals surface area contributed by atoms with Gasteiger partial charge in [-0.1, -0.05) is 48.0 Å². The number of anilines is 1. The van der Waals surface area contributed by atoms with Crippen LogP contribution in [0.4, 0.5) is 10.1 Å². The summed E-state index contributed by atoms with van der Waals surface area (Å²) >= 11 is 7.67. The number of carbonyl (C=O) groups excluding carboxylic acids is 2. The van der Waals surface area contributed by atoms with Gasteiger partial charge in [0.15, 0.2) is 12.2 Å². The van der Waals surface area contributed by atoms with Gasteiger partial charge in [0.25, 0.3) is 11.8 Å². The van der Waals surface area contributed by atoms with Crippen molar-refractivity contribution >= 4 is 52.6 Å². The Balaban J connectivity index is 1.24. The van der Waals surface area contributed by atoms with Gasteiger partial charge in [-0.3, -0.25) is 9.59 Å². The molecular formula is C27H27ClFN3O4S. The lowest BCUT2D eigenvalue weighted by Crippen LogP contribution is -2.55. The van der Waals surface area contributed by atoms with E-state index in [0.717, 1.165) is 21.7 Å². The number of carbonyl (C=O) groups is 2. The molecule has 194 valence electrons. The quantitative estimate of drug-likeness (QED) is 0.405. The first-order valence-electron chi connectivity index (χ1n) is 11.7. The topological polar surface area (TPSA) is 93.1 Å². The van der Waals surface area contributed by atoms with Gasteiger partial charge in [0.2, 0.25) is 0 Å². The van der Waals surface area contributed by atoms with Gasteiger partial charge in [-0.15, -0.1) is 11.3 Å². The molecule has 7 nitrogen and oxygen atoms in total. The molecule has 1 aliphatic heterocycles. The highest BCUT2D eigenvalue weighted by Crippen LogP contribution is 2.26. The summed E-state index contributed by atoms with van der Waals surface area (Å²) in [5.74, 6) is -1.81. The molecule has 0 saturated carbocycles. The minimum atomic E-state index is -1.88. The van der Waals surface area contributed by atoms with Gasteiger partial charge in [-0.2, -0.15) is 0 Å². The number of aliphatic hydroxyl groups is 2. The zero-order valence-corrected chi connectivity index (χ0v) is 21.5. The maximum absolute atomic E-state index is 13.0. The molecule has 2 heterocycles. The van der Waals surface area contributed by atoms with Gasteiger partial charge in [0.1, 0.15) is 5.82 Å². The van der Waals surface area contributed by atoms with Gasteiger partial charge in [-0.05, 0) is 46.8 Å². The van der Waals surface area contributed by atoms with E-state index in [-0.39, 0.29) is 12.4 Å². The molecule has 0 bridgehead atoms. The third-order valence-corrected chi connectivity index (χ3v) is 7.33. The van der Waals surface area contributed by atoms with Crippen LogP contribution in [0.25, 0.3) is 12.2 Å². The summed E-state index contributed by atoms with van der Waals surface area (Å²) in [7, 11) is 0. The average molecular weight is 544 g/mol. The fraction of sp³-hybridized carbons (Fsp3) is 0.259. The lowest BCUT2D eigenvalue weighted by Gasteiger charge is -2.37. The second kappa shape index (κ2) is 12.3. The molecule has 1 fully saturated rings. The number of piperazine rings is 1. The summed E-state index contributed by atoms with van der Waals surface area (Å²) in [5, 5.41) is 25.8. The maximum atomic E-state index is 13.0. The predicted octanol–water partition coefficient (Wildman–Crippen LogP) is 3.40. The van der Waals surface area contributed by atoms with Crippen molar-refractivity contribution in [2.45, 2.75) is 18.8 Å². The minimum Gasteiger partial charge on any atom is -0.380 e. The van der Waals surface area contributed by atoms with Crippen LogP contribution in [0.2, 0.25) is 5.02 Å². The van der Waals surface area contributed by atoms with E-state index in [9.17, 15) is 24.2 Å². The number of rotatable bonds is 8. The number of benzene rings is 2. The molecule has 1 aromatic heterocycles. The maximum Gasteiger partial charge on any atom is 0.254 e. The number of aliphatic hydroxyl groups excluding tert-OH is 2. The van der Waals surface area contributed by atoms with Crippen molar-refractivity contribution in [3.05, 3.63) is 86.8 Å². The number of amides is 2. The lowest BCUT2D eigenvalue weighted by atomic mass is 10.1. The average Bonchev–Trinajstić information content (AvgIpc) is 3.38. The normalized spacial score (nSPS) is 15.6. The summed E-state index contributed by atoms with van der Waals surface area (Å²) in [5.41, 5.74) is 2.64. The van der Waals surface area contributed by atoms with Crippen molar-refractivity contribution in [1.29, 1.82) is 0 Å². The van der Waals surface area contributed by atoms with Gasteiger partial charge in [-0.25, -0.2) is 4.39 Å². The Morgan fingerprint density at radius 3 is 2.38 bits per heavy atom. The van der Waals surface area contributed by atoms with Crippen molar-refractivity contribution in [1.82, 2.24) is 10.2 Å². The lowest BCUT2D eigenvalue weighted by molar-refractivity contribution is -0.153. The summed E-state index contributed by atoms with van der Waals surface area (Å²) in [6.07, 6.45) is -0.0157. The van der Waals surface area contributed by atoms with Crippen LogP contribution >= 0.6 is 22.9 Å². The highest BCUT2D eigenvalue weighted by atomic mass is 35.5. The standard InChI is InChI=1S/C27H27ClFN3O4S/c28-22-3-1-2-4-23(22)31-11-13-32(14-12-31)27(36)25(34)24(33)26(35)30-16-21-15-19(17-37-21)6-5-18-7-9-20(29)10-8-18/h1-10,15,17,24-25,33-34H,11-14,16H2,(H,30,35)/b6-5+/t24-,25-/m1/s1. The zero-order valence-electron chi connectivity index (χ0n) is 19.9. The van der Waals surface area contributed by atoms with Gasteiger partial charge < -0.3 is 25.3 Å². The highest BCUT2D eigenvalue weighted by molar-refractivity contribution is 7.10. The SMILES string of the molecule is O=C(NCc1cc(/C=C/c2ccc(F)cc2)cs1)[C@H](O)[C@@H](O)C(=O)N1CCN(c2ccccc2Cl)CC1. The molecule has 4 rings (SSSR count). The Labute approximate surface area is 223 Å². The van der Waals surface area contributed by atoms with Crippen LogP contribution in [0.5, 0.6) is 0 Å². The third kappa shape index (κ3) is 6.95. The number of para-hydroxylation sites is 1. The van der Waals surface area contributed by atoms with Gasteiger partial charge in [0.05, 0.1) is 17.3 Å². The van der Waals surface area contributed by atoms with Crippen molar-refractivity contribution in [2.24, 2.45) is 0 Å². The third-order valence-electron chi connectivity index (χ3n) is 6.05. The summed E-state index contributed by atoms with van der Waals surface area (Å²) in [6, 6.07) is 15.4. The van der Waals surface area contributed by atoms with Crippen molar-refractivity contribution < 1.29 is 24.2 Å². The smallest absolute Gasteiger partial charge is 0.254 e. The molecule has 0 aliphatic carbocycles. The van der Waals surface area contributed by atoms with Crippen molar-refractivity contribution in [2.75, 3.05) is 31.1 Å². The molecule has 1 aliphatic rings. The zero-order chi connectivity index (χ0) is 26.4. The van der Waals surface area contributed by atoms with Crippen molar-refractivity contribution in [3.8, 4) is 0 Å². The number of hydrogen-bond donors (Lipinski definition) is 3.